The number of piperidine rings is 1. The van der Waals surface area contributed by atoms with E-state index in [0.717, 1.165) is 5.56 Å². The van der Waals surface area contributed by atoms with Gasteiger partial charge in [-0.25, -0.2) is 4.79 Å². The molecule has 3 atom stereocenters. The number of benzene rings is 1. The molecule has 28 heavy (non-hydrogen) atoms. The van der Waals surface area contributed by atoms with E-state index in [0.29, 0.717) is 12.8 Å². The van der Waals surface area contributed by atoms with E-state index in [1.54, 1.807) is 32.9 Å². The van der Waals surface area contributed by atoms with Gasteiger partial charge in [0.05, 0.1) is 17.0 Å². The molecule has 1 saturated heterocycles. The van der Waals surface area contributed by atoms with Gasteiger partial charge in [0.25, 0.3) is 16.6 Å². The fourth-order valence-electron chi connectivity index (χ4n) is 2.87. The van der Waals surface area contributed by atoms with Gasteiger partial charge in [0.2, 0.25) is 6.10 Å². The quantitative estimate of drug-likeness (QED) is 0.409. The summed E-state index contributed by atoms with van der Waals surface area (Å²) in [6.45, 7) is 7.42. The van der Waals surface area contributed by atoms with Crippen LogP contribution >= 0.6 is 0 Å². The summed E-state index contributed by atoms with van der Waals surface area (Å²) in [5, 5.41) is 3.03. The Balaban J connectivity index is 1.97. The highest BCUT2D eigenvalue weighted by Gasteiger charge is 2.37. The molecule has 156 valence electrons. The van der Waals surface area contributed by atoms with E-state index < -0.39 is 39.9 Å². The molecule has 1 aliphatic rings. The molecule has 2 rings (SSSR count). The third-order valence-electron chi connectivity index (χ3n) is 4.19. The number of ether oxygens (including phenoxy) is 2. The molecule has 0 aliphatic carbocycles. The third kappa shape index (κ3) is 6.29. The highest BCUT2D eigenvalue weighted by Crippen LogP contribution is 2.22. The summed E-state index contributed by atoms with van der Waals surface area (Å²) < 4.78 is 40.3. The molecule has 1 N–H and O–H groups in total. The first-order chi connectivity index (χ1) is 13.0. The molecule has 1 aromatic rings. The lowest BCUT2D eigenvalue weighted by Gasteiger charge is -2.33. The molecule has 8 nitrogen and oxygen atoms in total. The van der Waals surface area contributed by atoms with E-state index in [2.05, 4.69) is 5.32 Å². The van der Waals surface area contributed by atoms with Crippen LogP contribution in [0.5, 0.6) is 0 Å². The summed E-state index contributed by atoms with van der Waals surface area (Å²) in [6.07, 6.45) is -0.930. The molecule has 3 unspecified atom stereocenters. The largest absolute Gasteiger partial charge is 0.457 e. The summed E-state index contributed by atoms with van der Waals surface area (Å²) in [5.41, 5.74) is 0.230. The van der Waals surface area contributed by atoms with Gasteiger partial charge >= 0.3 is 5.97 Å². The highest BCUT2D eigenvalue weighted by molar-refractivity contribution is 7.86. The summed E-state index contributed by atoms with van der Waals surface area (Å²) in [7, 11) is -3.88. The van der Waals surface area contributed by atoms with Gasteiger partial charge in [-0.15, -0.1) is 0 Å². The van der Waals surface area contributed by atoms with E-state index in [1.807, 2.05) is 6.92 Å². The Morgan fingerprint density at radius 1 is 1.21 bits per heavy atom. The van der Waals surface area contributed by atoms with Crippen molar-refractivity contribution < 1.29 is 31.7 Å². The second-order valence-corrected chi connectivity index (χ2v) is 9.34. The first kappa shape index (κ1) is 22.3. The Hall–Kier alpha value is -1.97. The van der Waals surface area contributed by atoms with Crippen molar-refractivity contribution in [3.8, 4) is 0 Å². The molecule has 1 heterocycles. The van der Waals surface area contributed by atoms with Crippen molar-refractivity contribution in [3.63, 3.8) is 0 Å². The zero-order valence-corrected chi connectivity index (χ0v) is 17.3. The molecule has 0 spiro atoms. The van der Waals surface area contributed by atoms with E-state index >= 15 is 0 Å². The average molecular weight is 413 g/mol. The maximum atomic E-state index is 12.4. The second-order valence-electron chi connectivity index (χ2n) is 7.76. The van der Waals surface area contributed by atoms with E-state index in [4.69, 9.17) is 13.7 Å². The smallest absolute Gasteiger partial charge is 0.349 e. The molecule has 1 aliphatic heterocycles. The fraction of sp³-hybridized carbons (Fsp3) is 0.579. The van der Waals surface area contributed by atoms with Gasteiger partial charge in [-0.05, 0) is 52.7 Å². The predicted molar refractivity (Wildman–Crippen MR) is 101 cm³/mol. The van der Waals surface area contributed by atoms with Crippen LogP contribution in [0.15, 0.2) is 29.2 Å². The van der Waals surface area contributed by atoms with Crippen LogP contribution in [0.2, 0.25) is 0 Å². The van der Waals surface area contributed by atoms with Crippen LogP contribution in [0.1, 0.15) is 39.2 Å². The van der Waals surface area contributed by atoms with Crippen molar-refractivity contribution in [1.29, 1.82) is 0 Å². The molecule has 1 aromatic carbocycles. The van der Waals surface area contributed by atoms with Crippen molar-refractivity contribution in [3.05, 3.63) is 29.8 Å². The zero-order chi connectivity index (χ0) is 20.9. The second kappa shape index (κ2) is 9.02. The Kier molecular flexibility index (Phi) is 7.19. The van der Waals surface area contributed by atoms with Crippen LogP contribution in [0, 0.1) is 6.92 Å². The molecular weight excluding hydrogens is 386 g/mol. The summed E-state index contributed by atoms with van der Waals surface area (Å²) >= 11 is 0. The van der Waals surface area contributed by atoms with Gasteiger partial charge < -0.3 is 14.8 Å². The van der Waals surface area contributed by atoms with Crippen LogP contribution in [0.4, 0.5) is 0 Å². The fourth-order valence-corrected chi connectivity index (χ4v) is 3.97. The number of carbonyl (C=O) groups excluding carboxylic acids is 2. The molecular formula is C19H27NO7S. The van der Waals surface area contributed by atoms with Gasteiger partial charge in [0, 0.05) is 6.54 Å². The molecule has 0 amide bonds. The van der Waals surface area contributed by atoms with Crippen LogP contribution in [-0.2, 0) is 33.4 Å². The average Bonchev–Trinajstić information content (AvgIpc) is 2.59. The lowest BCUT2D eigenvalue weighted by Crippen LogP contribution is -2.53. The number of rotatable bonds is 7. The summed E-state index contributed by atoms with van der Waals surface area (Å²) in [4.78, 5) is 23.2. The SMILES string of the molecule is Cc1ccc(S(=O)(=O)OC2CCC(C(OC=O)C(=O)OC(C)(C)C)NC2)cc1. The Labute approximate surface area is 165 Å². The van der Waals surface area contributed by atoms with Gasteiger partial charge in [-0.2, -0.15) is 8.42 Å². The third-order valence-corrected chi connectivity index (χ3v) is 5.56. The number of hydrogen-bond acceptors (Lipinski definition) is 8. The maximum Gasteiger partial charge on any atom is 0.349 e. The molecule has 9 heteroatoms. The first-order valence-corrected chi connectivity index (χ1v) is 10.5. The summed E-state index contributed by atoms with van der Waals surface area (Å²) in [5.74, 6) is -0.649. The van der Waals surface area contributed by atoms with Crippen LogP contribution < -0.4 is 5.32 Å². The number of esters is 1. The van der Waals surface area contributed by atoms with Gasteiger partial charge in [-0.3, -0.25) is 8.98 Å². The van der Waals surface area contributed by atoms with Crippen molar-refractivity contribution in [2.45, 2.75) is 69.3 Å². The minimum Gasteiger partial charge on any atom is -0.457 e. The Bertz CT molecular complexity index is 775. The Morgan fingerprint density at radius 2 is 1.86 bits per heavy atom. The number of carbonyl (C=O) groups is 2. The van der Waals surface area contributed by atoms with E-state index in [1.165, 1.54) is 12.1 Å². The van der Waals surface area contributed by atoms with E-state index in [9.17, 15) is 18.0 Å². The molecule has 0 bridgehead atoms. The maximum absolute atomic E-state index is 12.4. The standard InChI is InChI=1S/C19H27NO7S/c1-13-5-8-15(9-6-13)28(23,24)27-14-7-10-16(20-11-14)17(25-12-21)18(22)26-19(2,3)4/h5-6,8-9,12,14,16-17,20H,7,10-11H2,1-4H3. The lowest BCUT2D eigenvalue weighted by molar-refractivity contribution is -0.173. The molecule has 0 aromatic heterocycles. The van der Waals surface area contributed by atoms with Gasteiger partial charge in [-0.1, -0.05) is 17.7 Å². The van der Waals surface area contributed by atoms with Crippen molar-refractivity contribution in [2.24, 2.45) is 0 Å². The number of aryl methyl sites for hydroxylation is 1. The first-order valence-electron chi connectivity index (χ1n) is 9.07. The topological polar surface area (TPSA) is 108 Å². The van der Waals surface area contributed by atoms with Crippen LogP contribution in [0.25, 0.3) is 0 Å². The van der Waals surface area contributed by atoms with Crippen molar-refractivity contribution in [2.75, 3.05) is 6.54 Å². The normalized spacial score (nSPS) is 21.6. The van der Waals surface area contributed by atoms with Gasteiger partial charge in [0.1, 0.15) is 5.60 Å². The number of hydrogen-bond donors (Lipinski definition) is 1. The number of nitrogens with one attached hydrogen (secondary N) is 1. The lowest BCUT2D eigenvalue weighted by atomic mass is 9.98. The van der Waals surface area contributed by atoms with Crippen LogP contribution in [0.3, 0.4) is 0 Å². The summed E-state index contributed by atoms with van der Waals surface area (Å²) in [6, 6.07) is 5.92. The molecule has 0 saturated carbocycles. The predicted octanol–water partition coefficient (Wildman–Crippen LogP) is 1.70. The minimum atomic E-state index is -3.88. The molecule has 1 fully saturated rings. The monoisotopic (exact) mass is 413 g/mol. The van der Waals surface area contributed by atoms with Crippen molar-refractivity contribution >= 4 is 22.6 Å². The molecule has 0 radical (unpaired) electrons. The van der Waals surface area contributed by atoms with Crippen molar-refractivity contribution in [1.82, 2.24) is 5.32 Å². The van der Waals surface area contributed by atoms with E-state index in [-0.39, 0.29) is 17.9 Å². The van der Waals surface area contributed by atoms with Crippen LogP contribution in [-0.4, -0.2) is 51.3 Å². The zero-order valence-electron chi connectivity index (χ0n) is 16.5. The minimum absolute atomic E-state index is 0.0937. The Morgan fingerprint density at radius 3 is 2.36 bits per heavy atom. The van der Waals surface area contributed by atoms with Gasteiger partial charge in [0.15, 0.2) is 0 Å². The highest BCUT2D eigenvalue weighted by atomic mass is 32.2.